The third-order valence-electron chi connectivity index (χ3n) is 4.04. The summed E-state index contributed by atoms with van der Waals surface area (Å²) in [7, 11) is 2.00. The highest BCUT2D eigenvalue weighted by atomic mass is 35.5. The number of anilines is 1. The summed E-state index contributed by atoms with van der Waals surface area (Å²) in [5.41, 5.74) is 3.00. The second-order valence-corrected chi connectivity index (χ2v) is 6.56. The molecule has 0 aromatic heterocycles. The van der Waals surface area contributed by atoms with Crippen LogP contribution in [-0.4, -0.2) is 32.1 Å². The van der Waals surface area contributed by atoms with Gasteiger partial charge in [0.25, 0.3) is 5.91 Å². The third-order valence-corrected chi connectivity index (χ3v) is 4.63. The molecule has 1 atom stereocenters. The van der Waals surface area contributed by atoms with Crippen LogP contribution in [0, 0.1) is 13.8 Å². The van der Waals surface area contributed by atoms with E-state index in [1.54, 1.807) is 6.92 Å². The molecule has 0 aliphatic carbocycles. The Morgan fingerprint density at radius 1 is 1.20 bits per heavy atom. The lowest BCUT2D eigenvalue weighted by Gasteiger charge is -2.20. The average molecular weight is 361 g/mol. The summed E-state index contributed by atoms with van der Waals surface area (Å²) in [4.78, 5) is 14.3. The highest BCUT2D eigenvalue weighted by Crippen LogP contribution is 2.26. The van der Waals surface area contributed by atoms with Gasteiger partial charge in [-0.1, -0.05) is 29.8 Å². The van der Waals surface area contributed by atoms with Gasteiger partial charge in [0.1, 0.15) is 5.75 Å². The van der Waals surface area contributed by atoms with Crippen molar-refractivity contribution >= 4 is 23.2 Å². The predicted octanol–water partition coefficient (Wildman–Crippen LogP) is 3.98. The number of nitrogens with zero attached hydrogens (tertiary/aromatic N) is 1. The Hall–Kier alpha value is -2.20. The number of amides is 1. The van der Waals surface area contributed by atoms with Crippen molar-refractivity contribution in [3.8, 4) is 5.75 Å². The Labute approximate surface area is 154 Å². The van der Waals surface area contributed by atoms with Gasteiger partial charge in [0.05, 0.1) is 0 Å². The van der Waals surface area contributed by atoms with Gasteiger partial charge in [-0.3, -0.25) is 4.79 Å². The van der Waals surface area contributed by atoms with E-state index in [0.29, 0.717) is 12.3 Å². The van der Waals surface area contributed by atoms with E-state index in [1.165, 1.54) is 0 Å². The first-order valence-corrected chi connectivity index (χ1v) is 8.73. The van der Waals surface area contributed by atoms with E-state index in [-0.39, 0.29) is 5.91 Å². The number of hydrogen-bond acceptors (Lipinski definition) is 3. The van der Waals surface area contributed by atoms with E-state index in [1.807, 2.05) is 63.4 Å². The second-order valence-electron chi connectivity index (χ2n) is 6.18. The number of halogens is 1. The van der Waals surface area contributed by atoms with Gasteiger partial charge < -0.3 is 15.0 Å². The number of carbonyl (C=O) groups is 1. The fourth-order valence-electron chi connectivity index (χ4n) is 2.53. The topological polar surface area (TPSA) is 41.6 Å². The van der Waals surface area contributed by atoms with Crippen molar-refractivity contribution in [1.82, 2.24) is 5.32 Å². The number of likely N-dealkylation sites (N-methyl/N-ethyl adjacent to an activating group) is 1. The van der Waals surface area contributed by atoms with Gasteiger partial charge in [0, 0.05) is 30.8 Å². The van der Waals surface area contributed by atoms with Crippen LogP contribution in [0.1, 0.15) is 18.1 Å². The first-order chi connectivity index (χ1) is 11.9. The lowest BCUT2D eigenvalue weighted by atomic mass is 10.1. The largest absolute Gasteiger partial charge is 0.481 e. The quantitative estimate of drug-likeness (QED) is 0.812. The molecule has 1 N–H and O–H groups in total. The first kappa shape index (κ1) is 19.1. The molecule has 0 unspecified atom stereocenters. The van der Waals surface area contributed by atoms with Crippen molar-refractivity contribution in [1.29, 1.82) is 0 Å². The summed E-state index contributed by atoms with van der Waals surface area (Å²) in [5, 5.41) is 3.64. The minimum absolute atomic E-state index is 0.133. The Morgan fingerprint density at radius 2 is 1.80 bits per heavy atom. The van der Waals surface area contributed by atoms with Crippen LogP contribution in [0.15, 0.2) is 42.5 Å². The molecule has 4 nitrogen and oxygen atoms in total. The van der Waals surface area contributed by atoms with Crippen LogP contribution in [0.4, 0.5) is 5.69 Å². The second kappa shape index (κ2) is 8.77. The summed E-state index contributed by atoms with van der Waals surface area (Å²) in [6.45, 7) is 6.87. The number of nitrogens with one attached hydrogen (secondary N) is 1. The zero-order valence-electron chi connectivity index (χ0n) is 15.2. The molecule has 134 valence electrons. The lowest BCUT2D eigenvalue weighted by molar-refractivity contribution is -0.127. The number of hydrogen-bond donors (Lipinski definition) is 1. The summed E-state index contributed by atoms with van der Waals surface area (Å²) in [6.07, 6.45) is -0.568. The van der Waals surface area contributed by atoms with Crippen LogP contribution in [0.5, 0.6) is 5.75 Å². The number of carbonyl (C=O) groups excluding carboxylic acids is 1. The molecule has 0 aliphatic heterocycles. The first-order valence-electron chi connectivity index (χ1n) is 8.35. The number of para-hydroxylation sites is 1. The molecule has 25 heavy (non-hydrogen) atoms. The van der Waals surface area contributed by atoms with E-state index in [2.05, 4.69) is 10.2 Å². The van der Waals surface area contributed by atoms with Gasteiger partial charge in [-0.15, -0.1) is 0 Å². The van der Waals surface area contributed by atoms with Crippen molar-refractivity contribution < 1.29 is 9.53 Å². The summed E-state index contributed by atoms with van der Waals surface area (Å²) in [5.74, 6) is 0.523. The molecule has 5 heteroatoms. The van der Waals surface area contributed by atoms with Crippen molar-refractivity contribution in [2.24, 2.45) is 0 Å². The summed E-state index contributed by atoms with van der Waals surface area (Å²) in [6, 6.07) is 13.8. The minimum atomic E-state index is -0.568. The van der Waals surface area contributed by atoms with E-state index in [4.69, 9.17) is 16.3 Å². The van der Waals surface area contributed by atoms with Gasteiger partial charge in [-0.2, -0.15) is 0 Å². The molecule has 0 aliphatic rings. The highest BCUT2D eigenvalue weighted by molar-refractivity contribution is 6.32. The number of ether oxygens (including phenoxy) is 1. The zero-order valence-corrected chi connectivity index (χ0v) is 15.9. The van der Waals surface area contributed by atoms with Crippen LogP contribution >= 0.6 is 11.6 Å². The molecule has 0 saturated heterocycles. The molecule has 2 aromatic rings. The van der Waals surface area contributed by atoms with Crippen molar-refractivity contribution in [2.75, 3.05) is 25.0 Å². The number of rotatable bonds is 7. The van der Waals surface area contributed by atoms with Crippen LogP contribution in [0.3, 0.4) is 0 Å². The van der Waals surface area contributed by atoms with E-state index in [0.717, 1.165) is 28.4 Å². The maximum absolute atomic E-state index is 12.2. The van der Waals surface area contributed by atoms with Crippen molar-refractivity contribution in [3.05, 3.63) is 58.6 Å². The molecule has 0 spiro atoms. The van der Waals surface area contributed by atoms with E-state index >= 15 is 0 Å². The van der Waals surface area contributed by atoms with Gasteiger partial charge >= 0.3 is 0 Å². The lowest BCUT2D eigenvalue weighted by Crippen LogP contribution is -2.40. The SMILES string of the molecule is Cc1cc(O[C@@H](C)C(=O)NCCN(C)c2ccccc2)cc(C)c1Cl. The van der Waals surface area contributed by atoms with Gasteiger partial charge in [-0.05, 0) is 56.2 Å². The zero-order chi connectivity index (χ0) is 18.4. The molecular weight excluding hydrogens is 336 g/mol. The number of aryl methyl sites for hydroxylation is 2. The maximum atomic E-state index is 12.2. The Kier molecular flexibility index (Phi) is 6.71. The van der Waals surface area contributed by atoms with Gasteiger partial charge in [-0.25, -0.2) is 0 Å². The molecule has 0 radical (unpaired) electrons. The van der Waals surface area contributed by atoms with E-state index in [9.17, 15) is 4.79 Å². The van der Waals surface area contributed by atoms with Crippen molar-refractivity contribution in [2.45, 2.75) is 26.9 Å². The molecular formula is C20H25ClN2O2. The third kappa shape index (κ3) is 5.40. The molecule has 2 rings (SSSR count). The Bertz CT molecular complexity index is 696. The fraction of sp³-hybridized carbons (Fsp3) is 0.350. The number of benzene rings is 2. The minimum Gasteiger partial charge on any atom is -0.481 e. The maximum Gasteiger partial charge on any atom is 0.260 e. The van der Waals surface area contributed by atoms with Crippen LogP contribution < -0.4 is 15.0 Å². The van der Waals surface area contributed by atoms with Gasteiger partial charge in [0.15, 0.2) is 6.10 Å². The molecule has 0 bridgehead atoms. The van der Waals surface area contributed by atoms with Crippen LogP contribution in [0.2, 0.25) is 5.02 Å². The molecule has 1 amide bonds. The highest BCUT2D eigenvalue weighted by Gasteiger charge is 2.15. The molecule has 0 fully saturated rings. The van der Waals surface area contributed by atoms with Crippen LogP contribution in [-0.2, 0) is 4.79 Å². The molecule has 0 heterocycles. The van der Waals surface area contributed by atoms with Crippen LogP contribution in [0.25, 0.3) is 0 Å². The van der Waals surface area contributed by atoms with Crippen molar-refractivity contribution in [3.63, 3.8) is 0 Å². The smallest absolute Gasteiger partial charge is 0.260 e. The van der Waals surface area contributed by atoms with Gasteiger partial charge in [0.2, 0.25) is 0 Å². The summed E-state index contributed by atoms with van der Waals surface area (Å²) < 4.78 is 5.75. The normalized spacial score (nSPS) is 11.7. The predicted molar refractivity (Wildman–Crippen MR) is 104 cm³/mol. The summed E-state index contributed by atoms with van der Waals surface area (Å²) >= 11 is 6.16. The monoisotopic (exact) mass is 360 g/mol. The average Bonchev–Trinajstić information content (AvgIpc) is 2.60. The fourth-order valence-corrected chi connectivity index (χ4v) is 2.64. The molecule has 2 aromatic carbocycles. The standard InChI is InChI=1S/C20H25ClN2O2/c1-14-12-18(13-15(2)19(14)21)25-16(3)20(24)22-10-11-23(4)17-8-6-5-7-9-17/h5-9,12-13,16H,10-11H2,1-4H3,(H,22,24)/t16-/m0/s1. The Morgan fingerprint density at radius 3 is 2.40 bits per heavy atom. The van der Waals surface area contributed by atoms with E-state index < -0.39 is 6.10 Å². The molecule has 0 saturated carbocycles. The Balaban J connectivity index is 1.82.